The fraction of sp³-hybridized carbons (Fsp3) is 0.900. The van der Waals surface area contributed by atoms with Gasteiger partial charge in [-0.25, -0.2) is 4.39 Å². The predicted molar refractivity (Wildman–Crippen MR) is 51.4 cm³/mol. The molecule has 0 spiro atoms. The van der Waals surface area contributed by atoms with Gasteiger partial charge in [-0.15, -0.1) is 0 Å². The van der Waals surface area contributed by atoms with E-state index in [-0.39, 0.29) is 25.0 Å². The smallest absolute Gasteiger partial charge is 0.239 e. The fourth-order valence-electron chi connectivity index (χ4n) is 2.33. The highest BCUT2D eigenvalue weighted by atomic mass is 19.1. The van der Waals surface area contributed by atoms with Crippen LogP contribution in [-0.4, -0.2) is 36.1 Å². The van der Waals surface area contributed by atoms with E-state index in [1.54, 1.807) is 0 Å². The van der Waals surface area contributed by atoms with Crippen molar-refractivity contribution in [3.05, 3.63) is 0 Å². The first-order valence-electron chi connectivity index (χ1n) is 5.37. The lowest BCUT2D eigenvalue weighted by atomic mass is 9.96. The van der Waals surface area contributed by atoms with Crippen molar-refractivity contribution in [2.45, 2.75) is 37.9 Å². The summed E-state index contributed by atoms with van der Waals surface area (Å²) in [6.07, 6.45) is 3.64. The molecule has 0 aromatic rings. The molecule has 0 bridgehead atoms. The molecule has 2 N–H and O–H groups in total. The highest BCUT2D eigenvalue weighted by Gasteiger charge is 2.36. The third-order valence-electron chi connectivity index (χ3n) is 3.34. The van der Waals surface area contributed by atoms with E-state index in [1.165, 1.54) is 17.7 Å². The quantitative estimate of drug-likeness (QED) is 0.712. The Labute approximate surface area is 83.4 Å². The molecule has 0 aromatic heterocycles. The minimum absolute atomic E-state index is 0.0502. The number of hydrogen-bond acceptors (Lipinski definition) is 2. The van der Waals surface area contributed by atoms with E-state index < -0.39 is 6.17 Å². The zero-order valence-corrected chi connectivity index (χ0v) is 8.29. The van der Waals surface area contributed by atoms with Crippen LogP contribution in [0.4, 0.5) is 4.39 Å². The second-order valence-electron chi connectivity index (χ2n) is 4.41. The Hall–Kier alpha value is -0.640. The van der Waals surface area contributed by atoms with Crippen LogP contribution in [0.25, 0.3) is 0 Å². The number of amides is 1. The standard InChI is InChI=1S/C10H17FN2O/c11-8-5-13(6-8)10(14)9(12)7-3-1-2-4-7/h7-9H,1-6,12H2/t9-/m0/s1. The monoisotopic (exact) mass is 200 g/mol. The number of halogens is 1. The van der Waals surface area contributed by atoms with Crippen LogP contribution in [0, 0.1) is 5.92 Å². The van der Waals surface area contributed by atoms with Crippen LogP contribution in [0.15, 0.2) is 0 Å². The van der Waals surface area contributed by atoms with Crippen LogP contribution in [-0.2, 0) is 4.79 Å². The Morgan fingerprint density at radius 2 is 1.93 bits per heavy atom. The molecule has 0 radical (unpaired) electrons. The SMILES string of the molecule is N[C@H](C(=O)N1CC(F)C1)C1CCCC1. The van der Waals surface area contributed by atoms with Crippen LogP contribution >= 0.6 is 0 Å². The number of nitrogens with zero attached hydrogens (tertiary/aromatic N) is 1. The molecular weight excluding hydrogens is 183 g/mol. The Kier molecular flexibility index (Phi) is 2.72. The van der Waals surface area contributed by atoms with E-state index >= 15 is 0 Å². The highest BCUT2D eigenvalue weighted by molar-refractivity contribution is 5.82. The summed E-state index contributed by atoms with van der Waals surface area (Å²) in [4.78, 5) is 13.2. The Balaban J connectivity index is 1.84. The second kappa shape index (κ2) is 3.85. The van der Waals surface area contributed by atoms with Crippen LogP contribution < -0.4 is 5.73 Å². The van der Waals surface area contributed by atoms with Crippen molar-refractivity contribution < 1.29 is 9.18 Å². The Morgan fingerprint density at radius 3 is 2.43 bits per heavy atom. The molecule has 0 aromatic carbocycles. The molecule has 2 rings (SSSR count). The molecule has 1 aliphatic carbocycles. The Morgan fingerprint density at radius 1 is 1.36 bits per heavy atom. The van der Waals surface area contributed by atoms with Gasteiger partial charge in [-0.05, 0) is 18.8 Å². The largest absolute Gasteiger partial charge is 0.335 e. The number of likely N-dealkylation sites (tertiary alicyclic amines) is 1. The molecule has 3 nitrogen and oxygen atoms in total. The summed E-state index contributed by atoms with van der Waals surface area (Å²) in [5.74, 6) is 0.284. The lowest BCUT2D eigenvalue weighted by Gasteiger charge is -2.37. The first-order valence-corrected chi connectivity index (χ1v) is 5.37. The molecule has 1 aliphatic heterocycles. The zero-order valence-electron chi connectivity index (χ0n) is 8.29. The van der Waals surface area contributed by atoms with Gasteiger partial charge >= 0.3 is 0 Å². The summed E-state index contributed by atoms with van der Waals surface area (Å²) in [6, 6.07) is -0.384. The number of rotatable bonds is 2. The minimum Gasteiger partial charge on any atom is -0.335 e. The van der Waals surface area contributed by atoms with E-state index in [9.17, 15) is 9.18 Å². The van der Waals surface area contributed by atoms with Gasteiger partial charge in [0.05, 0.1) is 19.1 Å². The average Bonchev–Trinajstić information content (AvgIpc) is 2.63. The number of alkyl halides is 1. The van der Waals surface area contributed by atoms with Crippen molar-refractivity contribution >= 4 is 5.91 Å². The van der Waals surface area contributed by atoms with Gasteiger partial charge in [0, 0.05) is 0 Å². The molecule has 1 heterocycles. The van der Waals surface area contributed by atoms with Gasteiger partial charge in [0.25, 0.3) is 0 Å². The molecule has 1 amide bonds. The van der Waals surface area contributed by atoms with E-state index in [0.29, 0.717) is 5.92 Å². The van der Waals surface area contributed by atoms with E-state index in [4.69, 9.17) is 5.73 Å². The van der Waals surface area contributed by atoms with Gasteiger partial charge in [0.2, 0.25) is 5.91 Å². The maximum atomic E-state index is 12.5. The Bertz CT molecular complexity index is 222. The third kappa shape index (κ3) is 1.75. The number of nitrogens with two attached hydrogens (primary N) is 1. The van der Waals surface area contributed by atoms with Crippen LogP contribution in [0.5, 0.6) is 0 Å². The van der Waals surface area contributed by atoms with Crippen molar-refractivity contribution in [3.8, 4) is 0 Å². The fourth-order valence-corrected chi connectivity index (χ4v) is 2.33. The van der Waals surface area contributed by atoms with Gasteiger partial charge in [0.1, 0.15) is 6.17 Å². The molecule has 2 fully saturated rings. The molecule has 1 saturated carbocycles. The molecule has 14 heavy (non-hydrogen) atoms. The molecule has 0 unspecified atom stereocenters. The van der Waals surface area contributed by atoms with Crippen LogP contribution in [0.1, 0.15) is 25.7 Å². The first-order chi connectivity index (χ1) is 6.68. The second-order valence-corrected chi connectivity index (χ2v) is 4.41. The number of carbonyl (C=O) groups excluding carboxylic acids is 1. The van der Waals surface area contributed by atoms with Crippen molar-refractivity contribution in [1.29, 1.82) is 0 Å². The summed E-state index contributed by atoms with van der Waals surface area (Å²) in [5, 5.41) is 0. The summed E-state index contributed by atoms with van der Waals surface area (Å²) < 4.78 is 12.5. The molecule has 2 aliphatic rings. The number of hydrogen-bond donors (Lipinski definition) is 1. The number of carbonyl (C=O) groups is 1. The highest BCUT2D eigenvalue weighted by Crippen LogP contribution is 2.28. The van der Waals surface area contributed by atoms with Gasteiger partial charge in [0.15, 0.2) is 0 Å². The zero-order chi connectivity index (χ0) is 10.1. The summed E-state index contributed by atoms with van der Waals surface area (Å²) >= 11 is 0. The van der Waals surface area contributed by atoms with Gasteiger partial charge in [-0.1, -0.05) is 12.8 Å². The first kappa shape index (κ1) is 9.90. The van der Waals surface area contributed by atoms with E-state index in [2.05, 4.69) is 0 Å². The summed E-state index contributed by atoms with van der Waals surface area (Å²) in [7, 11) is 0. The van der Waals surface area contributed by atoms with Crippen molar-refractivity contribution in [3.63, 3.8) is 0 Å². The maximum Gasteiger partial charge on any atom is 0.239 e. The van der Waals surface area contributed by atoms with Gasteiger partial charge in [-0.3, -0.25) is 4.79 Å². The average molecular weight is 200 g/mol. The maximum absolute atomic E-state index is 12.5. The topological polar surface area (TPSA) is 46.3 Å². The van der Waals surface area contributed by atoms with Crippen molar-refractivity contribution in [2.75, 3.05) is 13.1 Å². The minimum atomic E-state index is -0.824. The molecule has 1 atom stereocenters. The van der Waals surface area contributed by atoms with Gasteiger partial charge in [-0.2, -0.15) is 0 Å². The van der Waals surface area contributed by atoms with E-state index in [0.717, 1.165) is 12.8 Å². The summed E-state index contributed by atoms with van der Waals surface area (Å²) in [6.45, 7) is 0.499. The molecule has 80 valence electrons. The molecule has 4 heteroatoms. The molecular formula is C10H17FN2O. The lowest BCUT2D eigenvalue weighted by molar-refractivity contribution is -0.140. The lowest BCUT2D eigenvalue weighted by Crippen LogP contribution is -2.57. The van der Waals surface area contributed by atoms with Crippen molar-refractivity contribution in [2.24, 2.45) is 11.7 Å². The predicted octanol–water partition coefficient (Wildman–Crippen LogP) is 0.684. The van der Waals surface area contributed by atoms with Crippen LogP contribution in [0.3, 0.4) is 0 Å². The normalized spacial score (nSPS) is 26.3. The van der Waals surface area contributed by atoms with Crippen molar-refractivity contribution in [1.82, 2.24) is 4.90 Å². The van der Waals surface area contributed by atoms with E-state index in [1.807, 2.05) is 0 Å². The van der Waals surface area contributed by atoms with Gasteiger partial charge < -0.3 is 10.6 Å². The van der Waals surface area contributed by atoms with Crippen LogP contribution in [0.2, 0.25) is 0 Å². The summed E-state index contributed by atoms with van der Waals surface area (Å²) in [5.41, 5.74) is 5.86. The molecule has 1 saturated heterocycles. The third-order valence-corrected chi connectivity index (χ3v) is 3.34.